The van der Waals surface area contributed by atoms with E-state index in [4.69, 9.17) is 21.4 Å². The van der Waals surface area contributed by atoms with Crippen LogP contribution in [-0.2, 0) is 9.59 Å². The van der Waals surface area contributed by atoms with Crippen LogP contribution in [0.2, 0.25) is 5.02 Å². The van der Waals surface area contributed by atoms with Crippen LogP contribution < -0.4 is 10.1 Å². The summed E-state index contributed by atoms with van der Waals surface area (Å²) in [6.45, 7) is 4.37. The van der Waals surface area contributed by atoms with E-state index >= 15 is 0 Å². The van der Waals surface area contributed by atoms with E-state index in [-0.39, 0.29) is 6.61 Å². The van der Waals surface area contributed by atoms with Gasteiger partial charge in [-0.25, -0.2) is 4.79 Å². The van der Waals surface area contributed by atoms with Gasteiger partial charge in [-0.3, -0.25) is 4.79 Å². The first kappa shape index (κ1) is 15.3. The van der Waals surface area contributed by atoms with E-state index in [0.717, 1.165) is 5.56 Å². The Kier molecular flexibility index (Phi) is 4.78. The third kappa shape index (κ3) is 4.44. The molecule has 1 amide bonds. The molecule has 0 aromatic heterocycles. The Morgan fingerprint density at radius 3 is 2.63 bits per heavy atom. The van der Waals surface area contributed by atoms with Gasteiger partial charge in [0.25, 0.3) is 5.91 Å². The molecule has 5 nitrogen and oxygen atoms in total. The highest BCUT2D eigenvalue weighted by molar-refractivity contribution is 6.32. The average molecular weight is 286 g/mol. The molecule has 6 heteroatoms. The van der Waals surface area contributed by atoms with Gasteiger partial charge in [-0.2, -0.15) is 0 Å². The summed E-state index contributed by atoms with van der Waals surface area (Å²) >= 11 is 5.91. The van der Waals surface area contributed by atoms with Crippen LogP contribution in [0, 0.1) is 6.92 Å². The topological polar surface area (TPSA) is 75.6 Å². The van der Waals surface area contributed by atoms with E-state index in [1.165, 1.54) is 13.8 Å². The van der Waals surface area contributed by atoms with Crippen LogP contribution in [0.1, 0.15) is 19.4 Å². The number of carboxylic acids is 1. The minimum absolute atomic E-state index is 0.292. The summed E-state index contributed by atoms with van der Waals surface area (Å²) in [7, 11) is 0. The van der Waals surface area contributed by atoms with Crippen LogP contribution in [0.3, 0.4) is 0 Å². The molecule has 0 saturated heterocycles. The maximum Gasteiger partial charge on any atom is 0.328 e. The standard InChI is InChI=1S/C13H16ClNO4/c1-8-4-5-9(14)10(6-8)19-7-11(16)15-13(2,3)12(17)18/h4-6H,7H2,1-3H3,(H,15,16)(H,17,18). The van der Waals surface area contributed by atoms with Crippen molar-refractivity contribution in [3.05, 3.63) is 28.8 Å². The highest BCUT2D eigenvalue weighted by Crippen LogP contribution is 2.25. The Hall–Kier alpha value is -1.75. The second-order valence-electron chi connectivity index (χ2n) is 4.70. The fourth-order valence-electron chi connectivity index (χ4n) is 1.30. The maximum atomic E-state index is 11.6. The van der Waals surface area contributed by atoms with Crippen molar-refractivity contribution in [3.63, 3.8) is 0 Å². The summed E-state index contributed by atoms with van der Waals surface area (Å²) < 4.78 is 5.27. The quantitative estimate of drug-likeness (QED) is 0.868. The van der Waals surface area contributed by atoms with Crippen molar-refractivity contribution >= 4 is 23.5 Å². The summed E-state index contributed by atoms with van der Waals surface area (Å²) in [6, 6.07) is 5.20. The van der Waals surface area contributed by atoms with E-state index in [0.29, 0.717) is 10.8 Å². The number of carboxylic acid groups (broad SMARTS) is 1. The highest BCUT2D eigenvalue weighted by Gasteiger charge is 2.28. The van der Waals surface area contributed by atoms with E-state index in [9.17, 15) is 9.59 Å². The number of hydrogen-bond acceptors (Lipinski definition) is 3. The molecule has 19 heavy (non-hydrogen) atoms. The maximum absolute atomic E-state index is 11.6. The van der Waals surface area contributed by atoms with Crippen LogP contribution in [0.5, 0.6) is 5.75 Å². The molecule has 0 bridgehead atoms. The molecule has 0 aliphatic rings. The molecule has 0 radical (unpaired) electrons. The lowest BCUT2D eigenvalue weighted by Gasteiger charge is -2.21. The van der Waals surface area contributed by atoms with Gasteiger partial charge in [0, 0.05) is 0 Å². The number of halogens is 1. The van der Waals surface area contributed by atoms with Gasteiger partial charge in [-0.15, -0.1) is 0 Å². The van der Waals surface area contributed by atoms with Crippen molar-refractivity contribution in [2.24, 2.45) is 0 Å². The van der Waals surface area contributed by atoms with Crippen molar-refractivity contribution in [1.82, 2.24) is 5.32 Å². The third-order valence-corrected chi connectivity index (χ3v) is 2.74. The molecule has 0 aliphatic heterocycles. The molecule has 1 aromatic carbocycles. The zero-order valence-corrected chi connectivity index (χ0v) is 11.7. The fraction of sp³-hybridized carbons (Fsp3) is 0.385. The van der Waals surface area contributed by atoms with Crippen molar-refractivity contribution in [2.75, 3.05) is 6.61 Å². The van der Waals surface area contributed by atoms with Crippen molar-refractivity contribution < 1.29 is 19.4 Å². The normalized spacial score (nSPS) is 10.9. The summed E-state index contributed by atoms with van der Waals surface area (Å²) in [6.07, 6.45) is 0. The number of amides is 1. The first-order valence-corrected chi connectivity index (χ1v) is 6.03. The van der Waals surface area contributed by atoms with Gasteiger partial charge >= 0.3 is 5.97 Å². The Morgan fingerprint density at radius 1 is 1.42 bits per heavy atom. The fourth-order valence-corrected chi connectivity index (χ4v) is 1.47. The van der Waals surface area contributed by atoms with Crippen LogP contribution in [0.25, 0.3) is 0 Å². The summed E-state index contributed by atoms with van der Waals surface area (Å²) in [4.78, 5) is 22.4. The molecule has 0 heterocycles. The zero-order chi connectivity index (χ0) is 14.6. The Labute approximate surface area is 116 Å². The number of nitrogens with one attached hydrogen (secondary N) is 1. The van der Waals surface area contributed by atoms with Crippen molar-refractivity contribution in [1.29, 1.82) is 0 Å². The van der Waals surface area contributed by atoms with Crippen LogP contribution in [0.4, 0.5) is 0 Å². The van der Waals surface area contributed by atoms with Gasteiger partial charge in [-0.05, 0) is 38.5 Å². The lowest BCUT2D eigenvalue weighted by atomic mass is 10.1. The predicted octanol–water partition coefficient (Wildman–Crippen LogP) is 2.01. The van der Waals surface area contributed by atoms with E-state index in [1.54, 1.807) is 12.1 Å². The summed E-state index contributed by atoms with van der Waals surface area (Å²) in [5.41, 5.74) is -0.387. The second kappa shape index (κ2) is 5.93. The first-order chi connectivity index (χ1) is 8.72. The van der Waals surface area contributed by atoms with Gasteiger partial charge in [0.05, 0.1) is 5.02 Å². The average Bonchev–Trinajstić information content (AvgIpc) is 2.29. The second-order valence-corrected chi connectivity index (χ2v) is 5.11. The summed E-state index contributed by atoms with van der Waals surface area (Å²) in [5, 5.41) is 11.6. The monoisotopic (exact) mass is 285 g/mol. The van der Waals surface area contributed by atoms with Crippen molar-refractivity contribution in [2.45, 2.75) is 26.3 Å². The van der Waals surface area contributed by atoms with Gasteiger partial charge in [0.15, 0.2) is 6.61 Å². The van der Waals surface area contributed by atoms with Gasteiger partial charge < -0.3 is 15.2 Å². The molecule has 0 aliphatic carbocycles. The molecule has 1 aromatic rings. The number of aliphatic carboxylic acids is 1. The Morgan fingerprint density at radius 2 is 2.05 bits per heavy atom. The number of benzene rings is 1. The predicted molar refractivity (Wildman–Crippen MR) is 71.5 cm³/mol. The lowest BCUT2D eigenvalue weighted by molar-refractivity contribution is -0.146. The molecule has 1 rings (SSSR count). The number of carbonyl (C=O) groups excluding carboxylic acids is 1. The number of ether oxygens (including phenoxy) is 1. The smallest absolute Gasteiger partial charge is 0.328 e. The summed E-state index contributed by atoms with van der Waals surface area (Å²) in [5.74, 6) is -1.25. The molecule has 0 atom stereocenters. The van der Waals surface area contributed by atoms with Gasteiger partial charge in [0.1, 0.15) is 11.3 Å². The number of carbonyl (C=O) groups is 2. The molecular formula is C13H16ClNO4. The van der Waals surface area contributed by atoms with E-state index in [2.05, 4.69) is 5.32 Å². The van der Waals surface area contributed by atoms with Gasteiger partial charge in [0.2, 0.25) is 0 Å². The van der Waals surface area contributed by atoms with Crippen LogP contribution in [0.15, 0.2) is 18.2 Å². The minimum atomic E-state index is -1.34. The molecule has 0 spiro atoms. The van der Waals surface area contributed by atoms with Crippen LogP contribution in [-0.4, -0.2) is 29.1 Å². The molecule has 0 unspecified atom stereocenters. The Balaban J connectivity index is 2.60. The third-order valence-electron chi connectivity index (χ3n) is 2.43. The number of hydrogen-bond donors (Lipinski definition) is 2. The molecule has 0 saturated carbocycles. The first-order valence-electron chi connectivity index (χ1n) is 5.66. The zero-order valence-electron chi connectivity index (χ0n) is 11.0. The molecule has 104 valence electrons. The highest BCUT2D eigenvalue weighted by atomic mass is 35.5. The number of rotatable bonds is 5. The molecule has 2 N–H and O–H groups in total. The van der Waals surface area contributed by atoms with Crippen molar-refractivity contribution in [3.8, 4) is 5.75 Å². The van der Waals surface area contributed by atoms with E-state index < -0.39 is 17.4 Å². The molecule has 0 fully saturated rings. The van der Waals surface area contributed by atoms with E-state index in [1.807, 2.05) is 13.0 Å². The van der Waals surface area contributed by atoms with Gasteiger partial charge in [-0.1, -0.05) is 17.7 Å². The van der Waals surface area contributed by atoms with Crippen LogP contribution >= 0.6 is 11.6 Å². The Bertz CT molecular complexity index is 499. The SMILES string of the molecule is Cc1ccc(Cl)c(OCC(=O)NC(C)(C)C(=O)O)c1. The number of aryl methyl sites for hydroxylation is 1. The molecular weight excluding hydrogens is 270 g/mol. The minimum Gasteiger partial charge on any atom is -0.482 e. The lowest BCUT2D eigenvalue weighted by Crippen LogP contribution is -2.51. The largest absolute Gasteiger partial charge is 0.482 e.